The largest absolute Gasteiger partial charge is 0.490 e. The van der Waals surface area contributed by atoms with Crippen LogP contribution >= 0.6 is 0 Å². The lowest BCUT2D eigenvalue weighted by Gasteiger charge is -2.12. The fourth-order valence-corrected chi connectivity index (χ4v) is 1.55. The SMILES string of the molecule is CCCCOCCOc1cccc(N)c1C(=O)OC. The minimum Gasteiger partial charge on any atom is -0.490 e. The molecule has 0 aliphatic heterocycles. The summed E-state index contributed by atoms with van der Waals surface area (Å²) in [5.41, 5.74) is 6.36. The van der Waals surface area contributed by atoms with E-state index in [1.54, 1.807) is 18.2 Å². The van der Waals surface area contributed by atoms with Crippen molar-refractivity contribution in [3.05, 3.63) is 23.8 Å². The van der Waals surface area contributed by atoms with Crippen molar-refractivity contribution in [2.45, 2.75) is 19.8 Å². The van der Waals surface area contributed by atoms with E-state index in [0.717, 1.165) is 19.4 Å². The number of carbonyl (C=O) groups is 1. The number of benzene rings is 1. The molecule has 5 heteroatoms. The van der Waals surface area contributed by atoms with Crippen LogP contribution in [-0.2, 0) is 9.47 Å². The molecule has 0 saturated carbocycles. The topological polar surface area (TPSA) is 70.8 Å². The van der Waals surface area contributed by atoms with Gasteiger partial charge in [-0.15, -0.1) is 0 Å². The minimum atomic E-state index is -0.500. The summed E-state index contributed by atoms with van der Waals surface area (Å²) in [6.45, 7) is 3.68. The molecule has 0 radical (unpaired) electrons. The van der Waals surface area contributed by atoms with Crippen LogP contribution in [0.15, 0.2) is 18.2 Å². The molecule has 0 heterocycles. The maximum Gasteiger partial charge on any atom is 0.343 e. The first-order chi connectivity index (χ1) is 9.20. The Morgan fingerprint density at radius 2 is 2.05 bits per heavy atom. The van der Waals surface area contributed by atoms with E-state index in [-0.39, 0.29) is 5.56 Å². The summed E-state index contributed by atoms with van der Waals surface area (Å²) in [4.78, 5) is 11.6. The van der Waals surface area contributed by atoms with Crippen molar-refractivity contribution >= 4 is 11.7 Å². The Labute approximate surface area is 113 Å². The lowest BCUT2D eigenvalue weighted by Crippen LogP contribution is -2.12. The van der Waals surface area contributed by atoms with E-state index in [4.69, 9.17) is 15.2 Å². The van der Waals surface area contributed by atoms with E-state index in [2.05, 4.69) is 11.7 Å². The molecule has 1 aromatic rings. The molecule has 19 heavy (non-hydrogen) atoms. The average molecular weight is 267 g/mol. The number of esters is 1. The van der Waals surface area contributed by atoms with Crippen LogP contribution in [0.3, 0.4) is 0 Å². The third kappa shape index (κ3) is 4.79. The third-order valence-electron chi connectivity index (χ3n) is 2.58. The Morgan fingerprint density at radius 3 is 2.74 bits per heavy atom. The van der Waals surface area contributed by atoms with Gasteiger partial charge in [0.25, 0.3) is 0 Å². The number of hydrogen-bond donors (Lipinski definition) is 1. The second kappa shape index (κ2) is 8.37. The van der Waals surface area contributed by atoms with E-state index in [1.807, 2.05) is 0 Å². The molecular weight excluding hydrogens is 246 g/mol. The van der Waals surface area contributed by atoms with Crippen LogP contribution < -0.4 is 10.5 Å². The first-order valence-corrected chi connectivity index (χ1v) is 6.38. The van der Waals surface area contributed by atoms with E-state index >= 15 is 0 Å². The maximum absolute atomic E-state index is 11.6. The van der Waals surface area contributed by atoms with Gasteiger partial charge in [0, 0.05) is 12.3 Å². The first-order valence-electron chi connectivity index (χ1n) is 6.38. The fraction of sp³-hybridized carbons (Fsp3) is 0.500. The molecule has 106 valence electrons. The van der Waals surface area contributed by atoms with Crippen molar-refractivity contribution in [2.24, 2.45) is 0 Å². The van der Waals surface area contributed by atoms with Gasteiger partial charge in [0.05, 0.1) is 13.7 Å². The molecule has 0 aromatic heterocycles. The number of anilines is 1. The Bertz CT molecular complexity index is 406. The molecule has 0 spiro atoms. The number of carbonyl (C=O) groups excluding carboxylic acids is 1. The molecule has 0 atom stereocenters. The molecule has 0 aliphatic rings. The van der Waals surface area contributed by atoms with Crippen LogP contribution in [0, 0.1) is 0 Å². The van der Waals surface area contributed by atoms with Crippen molar-refractivity contribution in [1.29, 1.82) is 0 Å². The van der Waals surface area contributed by atoms with E-state index in [0.29, 0.717) is 24.7 Å². The lowest BCUT2D eigenvalue weighted by molar-refractivity contribution is 0.0592. The van der Waals surface area contributed by atoms with E-state index in [1.165, 1.54) is 7.11 Å². The molecule has 1 aromatic carbocycles. The smallest absolute Gasteiger partial charge is 0.343 e. The lowest BCUT2D eigenvalue weighted by atomic mass is 10.1. The van der Waals surface area contributed by atoms with Crippen molar-refractivity contribution in [3.8, 4) is 5.75 Å². The van der Waals surface area contributed by atoms with Crippen LogP contribution in [0.5, 0.6) is 5.75 Å². The summed E-state index contributed by atoms with van der Waals surface area (Å²) >= 11 is 0. The summed E-state index contributed by atoms with van der Waals surface area (Å²) < 4.78 is 15.6. The van der Waals surface area contributed by atoms with Crippen LogP contribution in [0.4, 0.5) is 5.69 Å². The van der Waals surface area contributed by atoms with Gasteiger partial charge < -0.3 is 19.9 Å². The third-order valence-corrected chi connectivity index (χ3v) is 2.58. The Balaban J connectivity index is 2.53. The Hall–Kier alpha value is -1.75. The first kappa shape index (κ1) is 15.3. The number of unbranched alkanes of at least 4 members (excludes halogenated alkanes) is 1. The maximum atomic E-state index is 11.6. The fourth-order valence-electron chi connectivity index (χ4n) is 1.55. The van der Waals surface area contributed by atoms with Crippen LogP contribution in [0.1, 0.15) is 30.1 Å². The number of ether oxygens (including phenoxy) is 3. The highest BCUT2D eigenvalue weighted by atomic mass is 16.5. The summed E-state index contributed by atoms with van der Waals surface area (Å²) in [6, 6.07) is 5.06. The molecular formula is C14H21NO4. The second-order valence-electron chi connectivity index (χ2n) is 4.03. The van der Waals surface area contributed by atoms with Gasteiger partial charge in [0.15, 0.2) is 0 Å². The zero-order valence-electron chi connectivity index (χ0n) is 11.5. The van der Waals surface area contributed by atoms with Crippen LogP contribution in [-0.4, -0.2) is 32.9 Å². The predicted octanol–water partition coefficient (Wildman–Crippen LogP) is 2.25. The van der Waals surface area contributed by atoms with Crippen LogP contribution in [0.2, 0.25) is 0 Å². The zero-order chi connectivity index (χ0) is 14.1. The van der Waals surface area contributed by atoms with Gasteiger partial charge in [-0.1, -0.05) is 19.4 Å². The predicted molar refractivity (Wildman–Crippen MR) is 73.4 cm³/mol. The molecule has 0 saturated heterocycles. The molecule has 5 nitrogen and oxygen atoms in total. The zero-order valence-corrected chi connectivity index (χ0v) is 11.5. The van der Waals surface area contributed by atoms with Gasteiger partial charge >= 0.3 is 5.97 Å². The van der Waals surface area contributed by atoms with Gasteiger partial charge in [-0.2, -0.15) is 0 Å². The van der Waals surface area contributed by atoms with Gasteiger partial charge in [-0.25, -0.2) is 4.79 Å². The highest BCUT2D eigenvalue weighted by Gasteiger charge is 2.16. The normalized spacial score (nSPS) is 10.2. The van der Waals surface area contributed by atoms with Gasteiger partial charge in [0.2, 0.25) is 0 Å². The molecule has 0 fully saturated rings. The molecule has 0 bridgehead atoms. The van der Waals surface area contributed by atoms with E-state index < -0.39 is 5.97 Å². The second-order valence-corrected chi connectivity index (χ2v) is 4.03. The number of rotatable bonds is 8. The number of hydrogen-bond acceptors (Lipinski definition) is 5. The summed E-state index contributed by atoms with van der Waals surface area (Å²) in [5, 5.41) is 0. The summed E-state index contributed by atoms with van der Waals surface area (Å²) in [7, 11) is 1.31. The summed E-state index contributed by atoms with van der Waals surface area (Å²) in [6.07, 6.45) is 2.13. The summed E-state index contributed by atoms with van der Waals surface area (Å²) in [5.74, 6) is -0.0778. The van der Waals surface area contributed by atoms with Gasteiger partial charge in [-0.3, -0.25) is 0 Å². The van der Waals surface area contributed by atoms with Gasteiger partial charge in [0.1, 0.15) is 17.9 Å². The quantitative estimate of drug-likeness (QED) is 0.444. The highest BCUT2D eigenvalue weighted by molar-refractivity contribution is 5.98. The minimum absolute atomic E-state index is 0.263. The van der Waals surface area contributed by atoms with E-state index in [9.17, 15) is 4.79 Å². The van der Waals surface area contributed by atoms with Crippen molar-refractivity contribution in [2.75, 3.05) is 32.7 Å². The highest BCUT2D eigenvalue weighted by Crippen LogP contribution is 2.25. The number of nitrogens with two attached hydrogens (primary N) is 1. The molecule has 0 amide bonds. The average Bonchev–Trinajstić information content (AvgIpc) is 2.42. The molecule has 1 rings (SSSR count). The van der Waals surface area contributed by atoms with Gasteiger partial charge in [-0.05, 0) is 18.6 Å². The van der Waals surface area contributed by atoms with Crippen molar-refractivity contribution in [1.82, 2.24) is 0 Å². The van der Waals surface area contributed by atoms with Crippen LogP contribution in [0.25, 0.3) is 0 Å². The standard InChI is InChI=1S/C14H21NO4/c1-3-4-8-18-9-10-19-12-7-5-6-11(15)13(12)14(16)17-2/h5-7H,3-4,8-10,15H2,1-2H3. The van der Waals surface area contributed by atoms with Crippen molar-refractivity contribution < 1.29 is 19.0 Å². The number of nitrogen functional groups attached to an aromatic ring is 1. The monoisotopic (exact) mass is 267 g/mol. The molecule has 0 unspecified atom stereocenters. The Morgan fingerprint density at radius 1 is 1.26 bits per heavy atom. The molecule has 2 N–H and O–H groups in total. The number of methoxy groups -OCH3 is 1. The van der Waals surface area contributed by atoms with Crippen molar-refractivity contribution in [3.63, 3.8) is 0 Å². The molecule has 0 aliphatic carbocycles. The Kier molecular flexibility index (Phi) is 6.74.